The second-order valence-electron chi connectivity index (χ2n) is 5.95. The van der Waals surface area contributed by atoms with Crippen LogP contribution in [0.5, 0.6) is 11.5 Å². The van der Waals surface area contributed by atoms with Crippen LogP contribution in [0, 0.1) is 0 Å². The minimum absolute atomic E-state index is 0.119. The van der Waals surface area contributed by atoms with Gasteiger partial charge in [-0.05, 0) is 29.7 Å². The monoisotopic (exact) mass is 327 g/mol. The highest BCUT2D eigenvalue weighted by Gasteiger charge is 2.40. The van der Waals surface area contributed by atoms with Gasteiger partial charge >= 0.3 is 0 Å². The van der Waals surface area contributed by atoms with Gasteiger partial charge in [0.05, 0.1) is 20.3 Å². The zero-order chi connectivity index (χ0) is 17.1. The Hall–Kier alpha value is -2.53. The van der Waals surface area contributed by atoms with Crippen LogP contribution in [-0.4, -0.2) is 36.4 Å². The Labute approximate surface area is 141 Å². The first-order valence-corrected chi connectivity index (χ1v) is 7.90. The summed E-state index contributed by atoms with van der Waals surface area (Å²) in [7, 11) is 3.19. The summed E-state index contributed by atoms with van der Waals surface area (Å²) in [5.41, 5.74) is 2.01. The van der Waals surface area contributed by atoms with Crippen LogP contribution in [0.25, 0.3) is 0 Å². The van der Waals surface area contributed by atoms with Gasteiger partial charge in [-0.1, -0.05) is 30.3 Å². The van der Waals surface area contributed by atoms with Crippen molar-refractivity contribution in [1.29, 1.82) is 0 Å². The number of hydroxylamine groups is 2. The van der Waals surface area contributed by atoms with Crippen molar-refractivity contribution in [3.05, 3.63) is 59.7 Å². The molecule has 1 amide bonds. The van der Waals surface area contributed by atoms with E-state index in [9.17, 15) is 10.0 Å². The third-order valence-corrected chi connectivity index (χ3v) is 4.52. The Balaban J connectivity index is 1.94. The van der Waals surface area contributed by atoms with Gasteiger partial charge in [0.15, 0.2) is 0 Å². The van der Waals surface area contributed by atoms with Gasteiger partial charge < -0.3 is 9.47 Å². The number of carbonyl (C=O) groups excluding carboxylic acids is 1. The molecule has 3 rings (SSSR count). The minimum Gasteiger partial charge on any atom is -0.497 e. The van der Waals surface area contributed by atoms with Crippen LogP contribution in [0.15, 0.2) is 48.5 Å². The van der Waals surface area contributed by atoms with Crippen LogP contribution < -0.4 is 9.47 Å². The molecule has 0 radical (unpaired) electrons. The maximum atomic E-state index is 12.1. The zero-order valence-corrected chi connectivity index (χ0v) is 13.8. The lowest BCUT2D eigenvalue weighted by molar-refractivity contribution is -0.165. The summed E-state index contributed by atoms with van der Waals surface area (Å²) >= 11 is 0. The lowest BCUT2D eigenvalue weighted by Gasteiger charge is -2.24. The van der Waals surface area contributed by atoms with Gasteiger partial charge in [-0.2, -0.15) is 0 Å². The molecule has 1 fully saturated rings. The second kappa shape index (κ2) is 6.93. The van der Waals surface area contributed by atoms with E-state index in [1.165, 1.54) is 0 Å². The molecule has 126 valence electrons. The molecule has 5 nitrogen and oxygen atoms in total. The first-order chi connectivity index (χ1) is 11.6. The molecule has 1 heterocycles. The second-order valence-corrected chi connectivity index (χ2v) is 5.95. The van der Waals surface area contributed by atoms with Gasteiger partial charge in [-0.3, -0.25) is 10.0 Å². The third-order valence-electron chi connectivity index (χ3n) is 4.52. The Kier molecular flexibility index (Phi) is 4.71. The predicted molar refractivity (Wildman–Crippen MR) is 89.5 cm³/mol. The van der Waals surface area contributed by atoms with E-state index >= 15 is 0 Å². The molecule has 2 aromatic carbocycles. The van der Waals surface area contributed by atoms with E-state index in [1.807, 2.05) is 42.5 Å². The van der Waals surface area contributed by atoms with Crippen LogP contribution in [-0.2, 0) is 11.2 Å². The predicted octanol–water partition coefficient (Wildman–Crippen LogP) is 3.02. The van der Waals surface area contributed by atoms with E-state index in [2.05, 4.69) is 0 Å². The summed E-state index contributed by atoms with van der Waals surface area (Å²) in [6, 6.07) is 15.1. The fraction of sp³-hybridized carbons (Fsp3) is 0.316. The first-order valence-electron chi connectivity index (χ1n) is 7.90. The summed E-state index contributed by atoms with van der Waals surface area (Å²) in [4.78, 5) is 12.1. The number of ether oxygens (including phenoxy) is 2. The zero-order valence-electron chi connectivity index (χ0n) is 13.8. The molecule has 0 saturated carbocycles. The number of methoxy groups -OCH3 is 2. The number of nitrogens with zero attached hydrogens (tertiary/aromatic N) is 1. The topological polar surface area (TPSA) is 59.0 Å². The van der Waals surface area contributed by atoms with Crippen molar-refractivity contribution < 1.29 is 19.5 Å². The quantitative estimate of drug-likeness (QED) is 0.858. The molecule has 1 aliphatic heterocycles. The lowest BCUT2D eigenvalue weighted by atomic mass is 9.88. The summed E-state index contributed by atoms with van der Waals surface area (Å²) < 4.78 is 10.6. The van der Waals surface area contributed by atoms with Crippen molar-refractivity contribution in [1.82, 2.24) is 5.06 Å². The fourth-order valence-electron chi connectivity index (χ4n) is 3.24. The molecule has 1 N–H and O–H groups in total. The van der Waals surface area contributed by atoms with Crippen molar-refractivity contribution in [2.24, 2.45) is 0 Å². The van der Waals surface area contributed by atoms with Crippen molar-refractivity contribution >= 4 is 5.91 Å². The number of hydrogen-bond donors (Lipinski definition) is 1. The normalized spacial score (nSPS) is 20.3. The SMILES string of the molecule is COc1cc(OC)cc([C@H]2CC(=O)N(O)[C@H]2Cc2ccccc2)c1. The maximum Gasteiger partial charge on any atom is 0.246 e. The van der Waals surface area contributed by atoms with E-state index < -0.39 is 0 Å². The molecular formula is C19H21NO4. The number of rotatable bonds is 5. The summed E-state index contributed by atoms with van der Waals surface area (Å²) in [5.74, 6) is 0.965. The minimum atomic E-state index is -0.309. The molecule has 1 saturated heterocycles. The maximum absolute atomic E-state index is 12.1. The van der Waals surface area contributed by atoms with Gasteiger partial charge in [0.25, 0.3) is 0 Å². The molecule has 0 aromatic heterocycles. The molecule has 24 heavy (non-hydrogen) atoms. The number of benzene rings is 2. The molecule has 0 aliphatic carbocycles. The molecule has 0 spiro atoms. The molecular weight excluding hydrogens is 306 g/mol. The van der Waals surface area contributed by atoms with Crippen LogP contribution >= 0.6 is 0 Å². The standard InChI is InChI=1S/C19H21NO4/c1-23-15-9-14(10-16(11-15)24-2)17-12-19(21)20(22)18(17)8-13-6-4-3-5-7-13/h3-7,9-11,17-18,22H,8,12H2,1-2H3/t17-,18+/m1/s1. The smallest absolute Gasteiger partial charge is 0.246 e. The highest BCUT2D eigenvalue weighted by atomic mass is 16.5. The first kappa shape index (κ1) is 16.3. The van der Waals surface area contributed by atoms with E-state index in [0.29, 0.717) is 17.9 Å². The van der Waals surface area contributed by atoms with Gasteiger partial charge in [0.1, 0.15) is 11.5 Å². The summed E-state index contributed by atoms with van der Waals surface area (Å²) in [6.07, 6.45) is 0.859. The number of carbonyl (C=O) groups is 1. The third kappa shape index (κ3) is 3.21. The van der Waals surface area contributed by atoms with Gasteiger partial charge in [-0.15, -0.1) is 0 Å². The molecule has 0 unspecified atom stereocenters. The largest absolute Gasteiger partial charge is 0.497 e. The van der Waals surface area contributed by atoms with Crippen molar-refractivity contribution in [2.45, 2.75) is 24.8 Å². The van der Waals surface area contributed by atoms with Crippen molar-refractivity contribution in [3.63, 3.8) is 0 Å². The van der Waals surface area contributed by atoms with E-state index in [1.54, 1.807) is 20.3 Å². The van der Waals surface area contributed by atoms with E-state index in [0.717, 1.165) is 16.2 Å². The highest BCUT2D eigenvalue weighted by Crippen LogP contribution is 2.38. The van der Waals surface area contributed by atoms with Crippen LogP contribution in [0.1, 0.15) is 23.5 Å². The molecule has 1 aliphatic rings. The van der Waals surface area contributed by atoms with E-state index in [4.69, 9.17) is 9.47 Å². The lowest BCUT2D eigenvalue weighted by Crippen LogP contribution is -2.33. The Bertz CT molecular complexity index is 694. The summed E-state index contributed by atoms with van der Waals surface area (Å²) in [6.45, 7) is 0. The molecule has 2 aromatic rings. The average molecular weight is 327 g/mol. The molecule has 0 bridgehead atoms. The number of hydrogen-bond acceptors (Lipinski definition) is 4. The summed E-state index contributed by atoms with van der Waals surface area (Å²) in [5, 5.41) is 11.1. The Morgan fingerprint density at radius 3 is 2.29 bits per heavy atom. The van der Waals surface area contributed by atoms with Crippen LogP contribution in [0.3, 0.4) is 0 Å². The fourth-order valence-corrected chi connectivity index (χ4v) is 3.24. The van der Waals surface area contributed by atoms with Gasteiger partial charge in [-0.25, -0.2) is 5.06 Å². The molecule has 2 atom stereocenters. The average Bonchev–Trinajstić information content (AvgIpc) is 2.90. The van der Waals surface area contributed by atoms with Gasteiger partial charge in [0, 0.05) is 18.4 Å². The highest BCUT2D eigenvalue weighted by molar-refractivity contribution is 5.79. The van der Waals surface area contributed by atoms with E-state index in [-0.39, 0.29) is 24.3 Å². The molecule has 5 heteroatoms. The van der Waals surface area contributed by atoms with Gasteiger partial charge in [0.2, 0.25) is 5.91 Å². The van der Waals surface area contributed by atoms with Crippen molar-refractivity contribution in [2.75, 3.05) is 14.2 Å². The Morgan fingerprint density at radius 1 is 1.08 bits per heavy atom. The van der Waals surface area contributed by atoms with Crippen molar-refractivity contribution in [3.8, 4) is 11.5 Å². The number of amides is 1. The van der Waals surface area contributed by atoms with Crippen LogP contribution in [0.4, 0.5) is 0 Å². The van der Waals surface area contributed by atoms with Crippen LogP contribution in [0.2, 0.25) is 0 Å². The Morgan fingerprint density at radius 2 is 1.71 bits per heavy atom.